The normalized spacial score (nSPS) is 10.3. The van der Waals surface area contributed by atoms with Crippen LogP contribution in [-0.4, -0.2) is 34.7 Å². The maximum absolute atomic E-state index is 12.0. The number of anilines is 1. The second-order valence-electron chi connectivity index (χ2n) is 5.64. The van der Waals surface area contributed by atoms with Crippen molar-refractivity contribution in [1.29, 1.82) is 0 Å². The van der Waals surface area contributed by atoms with E-state index in [4.69, 9.17) is 4.74 Å². The Hall–Kier alpha value is -2.83. The van der Waals surface area contributed by atoms with Crippen LogP contribution in [0.5, 0.6) is 5.75 Å². The lowest BCUT2D eigenvalue weighted by molar-refractivity contribution is -0.126. The SMILES string of the molecule is CCOc1ccccc1NC(=O)CC(=O)NCCCn1cc(C)cn1. The zero-order valence-corrected chi connectivity index (χ0v) is 14.6. The summed E-state index contributed by atoms with van der Waals surface area (Å²) in [6.45, 7) is 5.58. The van der Waals surface area contributed by atoms with Gasteiger partial charge in [-0.3, -0.25) is 14.3 Å². The van der Waals surface area contributed by atoms with Crippen molar-refractivity contribution in [2.24, 2.45) is 0 Å². The highest BCUT2D eigenvalue weighted by molar-refractivity contribution is 6.04. The number of carbonyl (C=O) groups is 2. The Kier molecular flexibility index (Phi) is 7.00. The summed E-state index contributed by atoms with van der Waals surface area (Å²) in [5, 5.41) is 9.63. The molecule has 25 heavy (non-hydrogen) atoms. The summed E-state index contributed by atoms with van der Waals surface area (Å²) in [4.78, 5) is 23.8. The van der Waals surface area contributed by atoms with E-state index in [0.717, 1.165) is 18.5 Å². The molecule has 2 rings (SSSR count). The number of ether oxygens (including phenoxy) is 1. The number of amides is 2. The molecule has 0 fully saturated rings. The summed E-state index contributed by atoms with van der Waals surface area (Å²) >= 11 is 0. The Morgan fingerprint density at radius 3 is 2.76 bits per heavy atom. The highest BCUT2D eigenvalue weighted by Crippen LogP contribution is 2.23. The third kappa shape index (κ3) is 6.29. The molecule has 7 nitrogen and oxygen atoms in total. The van der Waals surface area contributed by atoms with Crippen LogP contribution >= 0.6 is 0 Å². The second kappa shape index (κ2) is 9.46. The number of benzene rings is 1. The smallest absolute Gasteiger partial charge is 0.233 e. The van der Waals surface area contributed by atoms with Crippen molar-refractivity contribution in [3.63, 3.8) is 0 Å². The minimum atomic E-state index is -0.368. The van der Waals surface area contributed by atoms with Crippen molar-refractivity contribution in [3.05, 3.63) is 42.2 Å². The maximum atomic E-state index is 12.0. The van der Waals surface area contributed by atoms with Crippen LogP contribution in [-0.2, 0) is 16.1 Å². The lowest BCUT2D eigenvalue weighted by Crippen LogP contribution is -2.29. The van der Waals surface area contributed by atoms with E-state index in [1.165, 1.54) is 0 Å². The van der Waals surface area contributed by atoms with Crippen LogP contribution in [0, 0.1) is 6.92 Å². The molecule has 0 unspecified atom stereocenters. The summed E-state index contributed by atoms with van der Waals surface area (Å²) in [6, 6.07) is 7.15. The lowest BCUT2D eigenvalue weighted by Gasteiger charge is -2.11. The van der Waals surface area contributed by atoms with Crippen LogP contribution in [0.2, 0.25) is 0 Å². The third-order valence-electron chi connectivity index (χ3n) is 3.43. The molecule has 1 aromatic heterocycles. The predicted molar refractivity (Wildman–Crippen MR) is 95.4 cm³/mol. The van der Waals surface area contributed by atoms with Crippen LogP contribution in [0.25, 0.3) is 0 Å². The van der Waals surface area contributed by atoms with Gasteiger partial charge in [0.05, 0.1) is 18.5 Å². The molecule has 1 heterocycles. The van der Waals surface area contributed by atoms with E-state index in [9.17, 15) is 9.59 Å². The van der Waals surface area contributed by atoms with Crippen LogP contribution in [0.15, 0.2) is 36.7 Å². The molecule has 2 aromatic rings. The summed E-state index contributed by atoms with van der Waals surface area (Å²) in [6.07, 6.45) is 4.27. The summed E-state index contributed by atoms with van der Waals surface area (Å²) < 4.78 is 7.27. The van der Waals surface area contributed by atoms with Crippen LogP contribution in [0.3, 0.4) is 0 Å². The lowest BCUT2D eigenvalue weighted by atomic mass is 10.2. The van der Waals surface area contributed by atoms with Gasteiger partial charge < -0.3 is 15.4 Å². The molecule has 7 heteroatoms. The number of aromatic nitrogens is 2. The van der Waals surface area contributed by atoms with Gasteiger partial charge in [-0.2, -0.15) is 5.10 Å². The molecule has 2 N–H and O–H groups in total. The van der Waals surface area contributed by atoms with E-state index in [2.05, 4.69) is 15.7 Å². The molecule has 0 radical (unpaired) electrons. The van der Waals surface area contributed by atoms with Gasteiger partial charge in [-0.15, -0.1) is 0 Å². The number of nitrogens with one attached hydrogen (secondary N) is 2. The Labute approximate surface area is 147 Å². The van der Waals surface area contributed by atoms with Gasteiger partial charge in [0, 0.05) is 19.3 Å². The van der Waals surface area contributed by atoms with Gasteiger partial charge in [0.25, 0.3) is 0 Å². The topological polar surface area (TPSA) is 85.2 Å². The molecule has 1 aromatic carbocycles. The largest absolute Gasteiger partial charge is 0.492 e. The fraction of sp³-hybridized carbons (Fsp3) is 0.389. The molecule has 0 bridgehead atoms. The average Bonchev–Trinajstić information content (AvgIpc) is 2.99. The van der Waals surface area contributed by atoms with Gasteiger partial charge in [-0.05, 0) is 38.0 Å². The standard InChI is InChI=1S/C18H24N4O3/c1-3-25-16-8-5-4-7-15(16)21-18(24)11-17(23)19-9-6-10-22-13-14(2)12-20-22/h4-5,7-8,12-13H,3,6,9-11H2,1-2H3,(H,19,23)(H,21,24). The molecule has 0 aliphatic carbocycles. The number of carbonyl (C=O) groups excluding carboxylic acids is 2. The molecular formula is C18H24N4O3. The van der Waals surface area contributed by atoms with Crippen molar-refractivity contribution < 1.29 is 14.3 Å². The first-order valence-electron chi connectivity index (χ1n) is 8.36. The van der Waals surface area contributed by atoms with Gasteiger partial charge >= 0.3 is 0 Å². The first-order chi connectivity index (χ1) is 12.1. The number of hydrogen-bond acceptors (Lipinski definition) is 4. The van der Waals surface area contributed by atoms with Gasteiger partial charge in [-0.25, -0.2) is 0 Å². The highest BCUT2D eigenvalue weighted by atomic mass is 16.5. The Morgan fingerprint density at radius 1 is 1.24 bits per heavy atom. The van der Waals surface area contributed by atoms with Crippen molar-refractivity contribution >= 4 is 17.5 Å². The van der Waals surface area contributed by atoms with E-state index < -0.39 is 0 Å². The molecule has 0 aliphatic rings. The molecule has 0 aliphatic heterocycles. The minimum absolute atomic E-state index is 0.221. The van der Waals surface area contributed by atoms with Crippen molar-refractivity contribution in [1.82, 2.24) is 15.1 Å². The Bertz CT molecular complexity index is 712. The van der Waals surface area contributed by atoms with E-state index in [1.54, 1.807) is 24.4 Å². The summed E-state index contributed by atoms with van der Waals surface area (Å²) in [7, 11) is 0. The molecule has 0 saturated carbocycles. The number of nitrogens with zero attached hydrogens (tertiary/aromatic N) is 2. The Balaban J connectivity index is 1.70. The zero-order valence-electron chi connectivity index (χ0n) is 14.6. The minimum Gasteiger partial charge on any atom is -0.492 e. The van der Waals surface area contributed by atoms with Crippen molar-refractivity contribution in [2.45, 2.75) is 33.2 Å². The first-order valence-corrected chi connectivity index (χ1v) is 8.36. The van der Waals surface area contributed by atoms with E-state index in [1.807, 2.05) is 30.8 Å². The molecule has 0 atom stereocenters. The van der Waals surface area contributed by atoms with E-state index >= 15 is 0 Å². The van der Waals surface area contributed by atoms with Gasteiger partial charge in [0.1, 0.15) is 12.2 Å². The van der Waals surface area contributed by atoms with Crippen molar-refractivity contribution in [3.8, 4) is 5.75 Å². The number of aryl methyl sites for hydroxylation is 2. The average molecular weight is 344 g/mol. The van der Waals surface area contributed by atoms with Crippen LogP contribution in [0.4, 0.5) is 5.69 Å². The number of rotatable bonds is 9. The van der Waals surface area contributed by atoms with Gasteiger partial charge in [0.15, 0.2) is 0 Å². The molecular weight excluding hydrogens is 320 g/mol. The molecule has 0 saturated heterocycles. The fourth-order valence-corrected chi connectivity index (χ4v) is 2.31. The highest BCUT2D eigenvalue weighted by Gasteiger charge is 2.11. The van der Waals surface area contributed by atoms with Crippen molar-refractivity contribution in [2.75, 3.05) is 18.5 Å². The summed E-state index contributed by atoms with van der Waals surface area (Å²) in [5.74, 6) is -0.0799. The zero-order chi connectivity index (χ0) is 18.1. The second-order valence-corrected chi connectivity index (χ2v) is 5.64. The molecule has 134 valence electrons. The van der Waals surface area contributed by atoms with Gasteiger partial charge in [0.2, 0.25) is 11.8 Å². The van der Waals surface area contributed by atoms with Gasteiger partial charge in [-0.1, -0.05) is 12.1 Å². The first kappa shape index (κ1) is 18.5. The Morgan fingerprint density at radius 2 is 2.04 bits per heavy atom. The van der Waals surface area contributed by atoms with Crippen LogP contribution in [0.1, 0.15) is 25.3 Å². The van der Waals surface area contributed by atoms with E-state index in [-0.39, 0.29) is 18.2 Å². The quantitative estimate of drug-likeness (QED) is 0.539. The van der Waals surface area contributed by atoms with E-state index in [0.29, 0.717) is 24.6 Å². The monoisotopic (exact) mass is 344 g/mol. The maximum Gasteiger partial charge on any atom is 0.233 e. The predicted octanol–water partition coefficient (Wildman–Crippen LogP) is 2.13. The van der Waals surface area contributed by atoms with Crippen LogP contribution < -0.4 is 15.4 Å². The molecule has 2 amide bonds. The third-order valence-corrected chi connectivity index (χ3v) is 3.43. The number of hydrogen-bond donors (Lipinski definition) is 2. The summed E-state index contributed by atoms with van der Waals surface area (Å²) in [5.41, 5.74) is 1.67. The molecule has 0 spiro atoms. The fourth-order valence-electron chi connectivity index (χ4n) is 2.31. The number of para-hydroxylation sites is 2.